The minimum absolute atomic E-state index is 0.157. The maximum Gasteiger partial charge on any atom is 0.140 e. The molecule has 0 N–H and O–H groups in total. The summed E-state index contributed by atoms with van der Waals surface area (Å²) in [6.45, 7) is 1.51. The average Bonchev–Trinajstić information content (AvgIpc) is 2.55. The predicted octanol–water partition coefficient (Wildman–Crippen LogP) is 2.46. The van der Waals surface area contributed by atoms with Crippen LogP contribution in [-0.2, 0) is 16.0 Å². The molecule has 4 heteroatoms. The van der Waals surface area contributed by atoms with Gasteiger partial charge in [0.05, 0.1) is 18.7 Å². The first kappa shape index (κ1) is 14.8. The molecule has 2 bridgehead atoms. The lowest BCUT2D eigenvalue weighted by Crippen LogP contribution is -2.55. The summed E-state index contributed by atoms with van der Waals surface area (Å²) < 4.78 is 5.65. The SMILES string of the molecule is CN1C2COCC1CC(C(=O)Cc1cccc3cccnc13)C2. The maximum absolute atomic E-state index is 12.9. The number of Topliss-reactive ketones (excluding diaryl/α,β-unsaturated/α-hetero) is 1. The van der Waals surface area contributed by atoms with E-state index in [1.54, 1.807) is 6.20 Å². The van der Waals surface area contributed by atoms with Crippen LogP contribution in [0, 0.1) is 5.92 Å². The number of carbonyl (C=O) groups is 1. The fourth-order valence-electron chi connectivity index (χ4n) is 4.00. The second-order valence-electron chi connectivity index (χ2n) is 6.81. The summed E-state index contributed by atoms with van der Waals surface area (Å²) in [5.41, 5.74) is 2.01. The Labute approximate surface area is 136 Å². The number of carbonyl (C=O) groups excluding carboxylic acids is 1. The standard InChI is InChI=1S/C19H22N2O2/c1-21-16-8-15(9-17(21)12-23-11-16)18(22)10-14-5-2-4-13-6-3-7-20-19(13)14/h2-7,15-17H,8-12H2,1H3. The summed E-state index contributed by atoms with van der Waals surface area (Å²) in [6, 6.07) is 10.9. The number of ether oxygens (including phenoxy) is 1. The largest absolute Gasteiger partial charge is 0.378 e. The number of nitrogens with zero attached hydrogens (tertiary/aromatic N) is 2. The van der Waals surface area contributed by atoms with Gasteiger partial charge in [0.1, 0.15) is 5.78 Å². The Hall–Kier alpha value is -1.78. The summed E-state index contributed by atoms with van der Waals surface area (Å²) in [4.78, 5) is 19.7. The molecule has 2 atom stereocenters. The number of hydrogen-bond donors (Lipinski definition) is 0. The van der Waals surface area contributed by atoms with E-state index in [-0.39, 0.29) is 5.92 Å². The predicted molar refractivity (Wildman–Crippen MR) is 89.3 cm³/mol. The van der Waals surface area contributed by atoms with Gasteiger partial charge in [-0.1, -0.05) is 24.3 Å². The van der Waals surface area contributed by atoms with Crippen molar-refractivity contribution in [1.29, 1.82) is 0 Å². The number of para-hydroxylation sites is 1. The van der Waals surface area contributed by atoms with E-state index in [2.05, 4.69) is 16.9 Å². The highest BCUT2D eigenvalue weighted by atomic mass is 16.5. The van der Waals surface area contributed by atoms with Crippen LogP contribution >= 0.6 is 0 Å². The fourth-order valence-corrected chi connectivity index (χ4v) is 4.00. The van der Waals surface area contributed by atoms with E-state index in [1.807, 2.05) is 30.3 Å². The van der Waals surface area contributed by atoms with Gasteiger partial charge in [-0.05, 0) is 31.5 Å². The molecule has 4 nitrogen and oxygen atoms in total. The molecule has 2 saturated heterocycles. The van der Waals surface area contributed by atoms with Crippen molar-refractivity contribution in [3.05, 3.63) is 42.1 Å². The van der Waals surface area contributed by atoms with Crippen LogP contribution in [0.2, 0.25) is 0 Å². The van der Waals surface area contributed by atoms with Crippen LogP contribution in [0.4, 0.5) is 0 Å². The molecular formula is C19H22N2O2. The number of aromatic nitrogens is 1. The minimum atomic E-state index is 0.157. The third kappa shape index (κ3) is 2.77. The number of piperidine rings is 1. The first-order valence-corrected chi connectivity index (χ1v) is 8.37. The molecule has 0 radical (unpaired) electrons. The van der Waals surface area contributed by atoms with Gasteiger partial charge in [-0.3, -0.25) is 14.7 Å². The monoisotopic (exact) mass is 310 g/mol. The second-order valence-corrected chi connectivity index (χ2v) is 6.81. The molecule has 0 aliphatic carbocycles. The molecule has 2 fully saturated rings. The van der Waals surface area contributed by atoms with Gasteiger partial charge < -0.3 is 4.74 Å². The maximum atomic E-state index is 12.9. The third-order valence-corrected chi connectivity index (χ3v) is 5.42. The van der Waals surface area contributed by atoms with Gasteiger partial charge in [-0.2, -0.15) is 0 Å². The fraction of sp³-hybridized carbons (Fsp3) is 0.474. The second kappa shape index (κ2) is 6.02. The van der Waals surface area contributed by atoms with E-state index in [0.717, 1.165) is 42.5 Å². The van der Waals surface area contributed by atoms with Gasteiger partial charge in [0.25, 0.3) is 0 Å². The van der Waals surface area contributed by atoms with Crippen LogP contribution in [0.3, 0.4) is 0 Å². The molecule has 3 heterocycles. The van der Waals surface area contributed by atoms with Gasteiger partial charge in [-0.25, -0.2) is 0 Å². The lowest BCUT2D eigenvalue weighted by atomic mass is 9.81. The van der Waals surface area contributed by atoms with Gasteiger partial charge in [0.15, 0.2) is 0 Å². The molecule has 2 unspecified atom stereocenters. The van der Waals surface area contributed by atoms with Crippen molar-refractivity contribution in [2.45, 2.75) is 31.3 Å². The van der Waals surface area contributed by atoms with Crippen molar-refractivity contribution in [2.75, 3.05) is 20.3 Å². The Balaban J connectivity index is 1.53. The minimum Gasteiger partial charge on any atom is -0.378 e. The third-order valence-electron chi connectivity index (χ3n) is 5.42. The van der Waals surface area contributed by atoms with Crippen molar-refractivity contribution >= 4 is 16.7 Å². The Morgan fingerprint density at radius 3 is 2.74 bits per heavy atom. The van der Waals surface area contributed by atoms with Gasteiger partial charge in [0.2, 0.25) is 0 Å². The van der Waals surface area contributed by atoms with Crippen LogP contribution in [0.25, 0.3) is 10.9 Å². The van der Waals surface area contributed by atoms with Crippen molar-refractivity contribution in [2.24, 2.45) is 5.92 Å². The summed E-state index contributed by atoms with van der Waals surface area (Å²) >= 11 is 0. The van der Waals surface area contributed by atoms with Crippen LogP contribution in [0.1, 0.15) is 18.4 Å². The van der Waals surface area contributed by atoms with Gasteiger partial charge >= 0.3 is 0 Å². The number of hydrogen-bond acceptors (Lipinski definition) is 4. The number of ketones is 1. The number of fused-ring (bicyclic) bond motifs is 3. The van der Waals surface area contributed by atoms with E-state index < -0.39 is 0 Å². The highest BCUT2D eigenvalue weighted by molar-refractivity contribution is 5.89. The quantitative estimate of drug-likeness (QED) is 0.873. The van der Waals surface area contributed by atoms with Crippen LogP contribution in [0.15, 0.2) is 36.5 Å². The highest BCUT2D eigenvalue weighted by Gasteiger charge is 2.39. The van der Waals surface area contributed by atoms with Crippen LogP contribution in [-0.4, -0.2) is 48.0 Å². The molecule has 23 heavy (non-hydrogen) atoms. The number of pyridine rings is 1. The number of morpholine rings is 1. The molecule has 1 aromatic heterocycles. The van der Waals surface area contributed by atoms with E-state index >= 15 is 0 Å². The molecule has 0 amide bonds. The first-order chi connectivity index (χ1) is 11.2. The molecule has 1 aromatic carbocycles. The highest BCUT2D eigenvalue weighted by Crippen LogP contribution is 2.31. The lowest BCUT2D eigenvalue weighted by molar-refractivity contribution is -0.130. The Morgan fingerprint density at radius 1 is 1.22 bits per heavy atom. The van der Waals surface area contributed by atoms with E-state index in [4.69, 9.17) is 4.74 Å². The smallest absolute Gasteiger partial charge is 0.140 e. The Bertz CT molecular complexity index is 711. The molecule has 2 aromatic rings. The Morgan fingerprint density at radius 2 is 1.96 bits per heavy atom. The van der Waals surface area contributed by atoms with Crippen molar-refractivity contribution in [1.82, 2.24) is 9.88 Å². The number of rotatable bonds is 3. The summed E-state index contributed by atoms with van der Waals surface area (Å²) in [7, 11) is 2.16. The normalized spacial score (nSPS) is 28.0. The topological polar surface area (TPSA) is 42.4 Å². The Kier molecular flexibility index (Phi) is 3.87. The lowest BCUT2D eigenvalue weighted by Gasteiger charge is -2.46. The van der Waals surface area contributed by atoms with E-state index in [0.29, 0.717) is 24.3 Å². The van der Waals surface area contributed by atoms with Crippen LogP contribution in [0.5, 0.6) is 0 Å². The number of benzene rings is 1. The average molecular weight is 310 g/mol. The first-order valence-electron chi connectivity index (χ1n) is 8.37. The summed E-state index contributed by atoms with van der Waals surface area (Å²) in [6.07, 6.45) is 4.13. The number of likely N-dealkylation sites (N-methyl/N-ethyl adjacent to an activating group) is 1. The molecule has 0 saturated carbocycles. The zero-order valence-electron chi connectivity index (χ0n) is 13.4. The zero-order chi connectivity index (χ0) is 15.8. The molecule has 0 spiro atoms. The van der Waals surface area contributed by atoms with E-state index in [9.17, 15) is 4.79 Å². The van der Waals surface area contributed by atoms with Crippen molar-refractivity contribution < 1.29 is 9.53 Å². The van der Waals surface area contributed by atoms with Gasteiger partial charge in [0, 0.05) is 36.0 Å². The molecule has 120 valence electrons. The summed E-state index contributed by atoms with van der Waals surface area (Å²) in [5, 5.41) is 1.10. The van der Waals surface area contributed by atoms with Crippen molar-refractivity contribution in [3.63, 3.8) is 0 Å². The molecule has 2 aliphatic rings. The molecule has 4 rings (SSSR count). The van der Waals surface area contributed by atoms with Gasteiger partial charge in [-0.15, -0.1) is 0 Å². The zero-order valence-corrected chi connectivity index (χ0v) is 13.4. The summed E-state index contributed by atoms with van der Waals surface area (Å²) in [5.74, 6) is 0.511. The molecule has 2 aliphatic heterocycles. The molecular weight excluding hydrogens is 288 g/mol. The van der Waals surface area contributed by atoms with E-state index in [1.165, 1.54) is 0 Å². The van der Waals surface area contributed by atoms with Crippen molar-refractivity contribution in [3.8, 4) is 0 Å². The van der Waals surface area contributed by atoms with Crippen LogP contribution < -0.4 is 0 Å².